The van der Waals surface area contributed by atoms with Crippen molar-refractivity contribution in [2.45, 2.75) is 5.41 Å². The molecule has 0 saturated heterocycles. The average Bonchev–Trinajstić information content (AvgIpc) is 3.92. The summed E-state index contributed by atoms with van der Waals surface area (Å²) in [6.07, 6.45) is 0. The maximum absolute atomic E-state index is 5.24. The van der Waals surface area contributed by atoms with Crippen LogP contribution in [0.1, 0.15) is 22.3 Å². The van der Waals surface area contributed by atoms with Crippen molar-refractivity contribution in [3.05, 3.63) is 235 Å². The molecule has 278 valence electrons. The SMILES string of the molecule is c1ccc(-c2cc(-c3ccccc3)nc(-c3ccc4c5cc6c(cc5n(-c5ccccc5)c4c3)C3(c4ccccc4-c4ccccc43)c3ccc4ccccc4c3-6)n2)cc1. The molecule has 13 rings (SSSR count). The fourth-order valence-corrected chi connectivity index (χ4v) is 10.5. The van der Waals surface area contributed by atoms with Gasteiger partial charge < -0.3 is 4.57 Å². The van der Waals surface area contributed by atoms with Crippen molar-refractivity contribution in [1.29, 1.82) is 0 Å². The van der Waals surface area contributed by atoms with Crippen LogP contribution < -0.4 is 0 Å². The van der Waals surface area contributed by atoms with E-state index in [2.05, 4.69) is 205 Å². The minimum absolute atomic E-state index is 0.473. The highest BCUT2D eigenvalue weighted by molar-refractivity contribution is 6.15. The van der Waals surface area contributed by atoms with Gasteiger partial charge in [0.1, 0.15) is 0 Å². The Labute approximate surface area is 347 Å². The van der Waals surface area contributed by atoms with Crippen molar-refractivity contribution in [3.8, 4) is 61.8 Å². The van der Waals surface area contributed by atoms with Crippen LogP contribution in [0.3, 0.4) is 0 Å². The molecule has 0 atom stereocenters. The second-order valence-corrected chi connectivity index (χ2v) is 16.1. The molecule has 60 heavy (non-hydrogen) atoms. The summed E-state index contributed by atoms with van der Waals surface area (Å²) < 4.78 is 2.45. The highest BCUT2D eigenvalue weighted by atomic mass is 15.0. The molecule has 0 radical (unpaired) electrons. The Hall–Kier alpha value is -7.88. The predicted molar refractivity (Wildman–Crippen MR) is 246 cm³/mol. The van der Waals surface area contributed by atoms with Crippen LogP contribution in [-0.4, -0.2) is 14.5 Å². The molecule has 0 aliphatic heterocycles. The normalized spacial score (nSPS) is 13.1. The summed E-state index contributed by atoms with van der Waals surface area (Å²) in [5.74, 6) is 0.697. The van der Waals surface area contributed by atoms with Crippen LogP contribution in [0.15, 0.2) is 212 Å². The molecule has 9 aromatic carbocycles. The summed E-state index contributed by atoms with van der Waals surface area (Å²) in [6, 6.07) is 77.3. The van der Waals surface area contributed by atoms with Crippen LogP contribution in [0.5, 0.6) is 0 Å². The van der Waals surface area contributed by atoms with Crippen LogP contribution in [0.2, 0.25) is 0 Å². The van der Waals surface area contributed by atoms with Crippen molar-refractivity contribution in [3.63, 3.8) is 0 Å². The molecule has 0 amide bonds. The van der Waals surface area contributed by atoms with Gasteiger partial charge >= 0.3 is 0 Å². The number of nitrogens with zero attached hydrogens (tertiary/aromatic N) is 3. The van der Waals surface area contributed by atoms with Crippen LogP contribution in [0.4, 0.5) is 0 Å². The number of benzene rings is 9. The van der Waals surface area contributed by atoms with Gasteiger partial charge in [-0.2, -0.15) is 0 Å². The first kappa shape index (κ1) is 33.1. The number of hydrogen-bond acceptors (Lipinski definition) is 2. The zero-order valence-electron chi connectivity index (χ0n) is 32.5. The minimum Gasteiger partial charge on any atom is -0.309 e. The summed E-state index contributed by atoms with van der Waals surface area (Å²) in [7, 11) is 0. The van der Waals surface area contributed by atoms with Crippen molar-refractivity contribution in [1.82, 2.24) is 14.5 Å². The summed E-state index contributed by atoms with van der Waals surface area (Å²) in [5, 5.41) is 4.95. The fraction of sp³-hybridized carbons (Fsp3) is 0.0175. The topological polar surface area (TPSA) is 30.7 Å². The van der Waals surface area contributed by atoms with Crippen molar-refractivity contribution < 1.29 is 0 Å². The van der Waals surface area contributed by atoms with Crippen LogP contribution >= 0.6 is 0 Å². The monoisotopic (exact) mass is 761 g/mol. The van der Waals surface area contributed by atoms with Gasteiger partial charge in [0.05, 0.1) is 27.8 Å². The van der Waals surface area contributed by atoms with E-state index in [0.29, 0.717) is 5.82 Å². The summed E-state index contributed by atoms with van der Waals surface area (Å²) >= 11 is 0. The van der Waals surface area contributed by atoms with Crippen LogP contribution in [0, 0.1) is 0 Å². The number of fused-ring (bicyclic) bond motifs is 15. The standard InChI is InChI=1S/C57H35N3/c1-4-17-37(18-5-1)51-35-52(38-19-6-2-7-20-38)59-56(58-51)39-28-30-44-45-33-46-50(34-54(45)60(53(44)32-39)40-21-8-3-9-22-40)57(49-31-29-36-16-10-11-23-41(36)55(46)49)47-26-14-12-24-42(47)43-25-13-15-27-48(43)57/h1-35H. The Morgan fingerprint density at radius 2 is 0.933 bits per heavy atom. The fourth-order valence-electron chi connectivity index (χ4n) is 10.5. The van der Waals surface area contributed by atoms with E-state index in [-0.39, 0.29) is 0 Å². The van der Waals surface area contributed by atoms with E-state index >= 15 is 0 Å². The second-order valence-electron chi connectivity index (χ2n) is 16.1. The van der Waals surface area contributed by atoms with Crippen molar-refractivity contribution >= 4 is 32.6 Å². The van der Waals surface area contributed by atoms with Crippen LogP contribution in [0.25, 0.3) is 94.4 Å². The van der Waals surface area contributed by atoms with E-state index in [1.807, 2.05) is 12.1 Å². The van der Waals surface area contributed by atoms with Gasteiger partial charge in [-0.25, -0.2) is 9.97 Å². The number of hydrogen-bond donors (Lipinski definition) is 0. The Morgan fingerprint density at radius 1 is 0.350 bits per heavy atom. The second kappa shape index (κ2) is 12.6. The van der Waals surface area contributed by atoms with E-state index in [1.165, 1.54) is 71.6 Å². The third-order valence-electron chi connectivity index (χ3n) is 13.0. The van der Waals surface area contributed by atoms with Crippen LogP contribution in [-0.2, 0) is 5.41 Å². The molecule has 2 heterocycles. The minimum atomic E-state index is -0.473. The molecule has 0 unspecified atom stereocenters. The highest BCUT2D eigenvalue weighted by Gasteiger charge is 2.52. The molecule has 3 nitrogen and oxygen atoms in total. The average molecular weight is 762 g/mol. The van der Waals surface area contributed by atoms with Gasteiger partial charge in [-0.1, -0.05) is 176 Å². The number of aromatic nitrogens is 3. The molecule has 2 aliphatic carbocycles. The predicted octanol–water partition coefficient (Wildman–Crippen LogP) is 14.1. The molecular formula is C57H35N3. The van der Waals surface area contributed by atoms with Gasteiger partial charge in [-0.15, -0.1) is 0 Å². The maximum atomic E-state index is 5.24. The Kier molecular flexibility index (Phi) is 6.93. The smallest absolute Gasteiger partial charge is 0.160 e. The lowest BCUT2D eigenvalue weighted by molar-refractivity contribution is 0.795. The lowest BCUT2D eigenvalue weighted by atomic mass is 9.70. The molecular weight excluding hydrogens is 727 g/mol. The lowest BCUT2D eigenvalue weighted by Gasteiger charge is -2.30. The first-order valence-corrected chi connectivity index (χ1v) is 20.7. The molecule has 3 heteroatoms. The zero-order valence-corrected chi connectivity index (χ0v) is 32.5. The first-order valence-electron chi connectivity index (χ1n) is 20.7. The number of rotatable bonds is 4. The molecule has 0 bridgehead atoms. The van der Waals surface area contributed by atoms with Gasteiger partial charge in [0, 0.05) is 33.2 Å². The van der Waals surface area contributed by atoms with Crippen molar-refractivity contribution in [2.24, 2.45) is 0 Å². The summed E-state index contributed by atoms with van der Waals surface area (Å²) in [4.78, 5) is 10.5. The third-order valence-corrected chi connectivity index (χ3v) is 13.0. The Bertz CT molecular complexity index is 3430. The molecule has 2 aromatic heterocycles. The van der Waals surface area contributed by atoms with E-state index < -0.39 is 5.41 Å². The first-order chi connectivity index (χ1) is 29.8. The zero-order chi connectivity index (χ0) is 39.4. The molecule has 11 aromatic rings. The van der Waals surface area contributed by atoms with Crippen molar-refractivity contribution in [2.75, 3.05) is 0 Å². The molecule has 0 fully saturated rings. The summed E-state index contributed by atoms with van der Waals surface area (Å²) in [5.41, 5.74) is 18.4. The van der Waals surface area contributed by atoms with Gasteiger partial charge in [0.2, 0.25) is 0 Å². The van der Waals surface area contributed by atoms with Gasteiger partial charge in [0.15, 0.2) is 5.82 Å². The van der Waals surface area contributed by atoms with E-state index in [0.717, 1.165) is 39.3 Å². The van der Waals surface area contributed by atoms with E-state index in [4.69, 9.17) is 9.97 Å². The molecule has 0 N–H and O–H groups in total. The Balaban J connectivity index is 1.13. The van der Waals surface area contributed by atoms with E-state index in [1.54, 1.807) is 0 Å². The van der Waals surface area contributed by atoms with Gasteiger partial charge in [-0.05, 0) is 91.7 Å². The lowest BCUT2D eigenvalue weighted by Crippen LogP contribution is -2.25. The van der Waals surface area contributed by atoms with Gasteiger partial charge in [-0.3, -0.25) is 0 Å². The highest BCUT2D eigenvalue weighted by Crippen LogP contribution is 2.64. The summed E-state index contributed by atoms with van der Waals surface area (Å²) in [6.45, 7) is 0. The van der Waals surface area contributed by atoms with E-state index in [9.17, 15) is 0 Å². The molecule has 0 saturated carbocycles. The molecule has 2 aliphatic rings. The number of para-hydroxylation sites is 1. The molecule has 1 spiro atoms. The van der Waals surface area contributed by atoms with Gasteiger partial charge in [0.25, 0.3) is 0 Å². The third kappa shape index (κ3) is 4.54. The Morgan fingerprint density at radius 3 is 1.62 bits per heavy atom. The largest absolute Gasteiger partial charge is 0.309 e. The quantitative estimate of drug-likeness (QED) is 0.179. The maximum Gasteiger partial charge on any atom is 0.160 e.